The Bertz CT molecular complexity index is 956. The van der Waals surface area contributed by atoms with Crippen LogP contribution in [0.5, 0.6) is 5.75 Å². The SMILES string of the molecule is COc1ccc(-n2ccs/c2=N/S(=O)(=O)c2ccccc2)cc1. The van der Waals surface area contributed by atoms with Crippen molar-refractivity contribution in [3.63, 3.8) is 0 Å². The molecule has 0 radical (unpaired) electrons. The Morgan fingerprint density at radius 1 is 1.04 bits per heavy atom. The number of sulfonamides is 1. The summed E-state index contributed by atoms with van der Waals surface area (Å²) < 4.78 is 35.6. The highest BCUT2D eigenvalue weighted by Gasteiger charge is 2.12. The molecule has 118 valence electrons. The molecule has 1 heterocycles. The van der Waals surface area contributed by atoms with Gasteiger partial charge in [0.1, 0.15) is 5.75 Å². The molecule has 0 fully saturated rings. The molecule has 0 bridgehead atoms. The molecule has 3 aromatic rings. The maximum absolute atomic E-state index is 12.4. The minimum absolute atomic E-state index is 0.176. The van der Waals surface area contributed by atoms with Crippen LogP contribution in [0.25, 0.3) is 5.69 Å². The van der Waals surface area contributed by atoms with Gasteiger partial charge in [-0.15, -0.1) is 15.7 Å². The van der Waals surface area contributed by atoms with Gasteiger partial charge in [0.25, 0.3) is 10.0 Å². The first kappa shape index (κ1) is 15.5. The van der Waals surface area contributed by atoms with Gasteiger partial charge in [-0.3, -0.25) is 4.57 Å². The summed E-state index contributed by atoms with van der Waals surface area (Å²) in [6.45, 7) is 0. The zero-order valence-corrected chi connectivity index (χ0v) is 13.9. The van der Waals surface area contributed by atoms with E-state index in [1.807, 2.05) is 24.3 Å². The van der Waals surface area contributed by atoms with Crippen LogP contribution in [0.2, 0.25) is 0 Å². The second-order valence-electron chi connectivity index (χ2n) is 4.63. The Hall–Kier alpha value is -2.38. The lowest BCUT2D eigenvalue weighted by Gasteiger charge is -2.04. The van der Waals surface area contributed by atoms with Gasteiger partial charge in [-0.05, 0) is 36.4 Å². The zero-order chi connectivity index (χ0) is 16.3. The van der Waals surface area contributed by atoms with Crippen molar-refractivity contribution in [1.29, 1.82) is 0 Å². The summed E-state index contributed by atoms with van der Waals surface area (Å²) in [6.07, 6.45) is 1.78. The smallest absolute Gasteiger partial charge is 0.285 e. The second-order valence-corrected chi connectivity index (χ2v) is 7.11. The number of nitrogens with zero attached hydrogens (tertiary/aromatic N) is 2. The third kappa shape index (κ3) is 3.35. The molecule has 3 rings (SSSR count). The summed E-state index contributed by atoms with van der Waals surface area (Å²) in [4.78, 5) is 0.564. The first-order chi connectivity index (χ1) is 11.1. The van der Waals surface area contributed by atoms with Gasteiger partial charge in [-0.25, -0.2) is 0 Å². The van der Waals surface area contributed by atoms with Gasteiger partial charge in [-0.1, -0.05) is 18.2 Å². The molecular formula is C16H14N2O3S2. The van der Waals surface area contributed by atoms with E-state index in [1.165, 1.54) is 23.5 Å². The molecule has 0 atom stereocenters. The van der Waals surface area contributed by atoms with E-state index in [2.05, 4.69) is 4.40 Å². The molecule has 0 aliphatic heterocycles. The van der Waals surface area contributed by atoms with Crippen LogP contribution >= 0.6 is 11.3 Å². The van der Waals surface area contributed by atoms with Crippen molar-refractivity contribution in [3.05, 3.63) is 71.0 Å². The van der Waals surface area contributed by atoms with Gasteiger partial charge in [0.15, 0.2) is 0 Å². The third-order valence-electron chi connectivity index (χ3n) is 3.18. The summed E-state index contributed by atoms with van der Waals surface area (Å²) >= 11 is 1.26. The Kier molecular flexibility index (Phi) is 4.31. The van der Waals surface area contributed by atoms with Crippen molar-refractivity contribution in [2.45, 2.75) is 4.90 Å². The molecule has 0 aliphatic rings. The number of hydrogen-bond acceptors (Lipinski definition) is 4. The van der Waals surface area contributed by atoms with Crippen LogP contribution in [-0.2, 0) is 10.0 Å². The monoisotopic (exact) mass is 346 g/mol. The van der Waals surface area contributed by atoms with Crippen molar-refractivity contribution < 1.29 is 13.2 Å². The van der Waals surface area contributed by atoms with E-state index in [0.29, 0.717) is 4.80 Å². The summed E-state index contributed by atoms with van der Waals surface area (Å²) in [5, 5.41) is 1.80. The molecular weight excluding hydrogens is 332 g/mol. The molecule has 1 aromatic heterocycles. The van der Waals surface area contributed by atoms with Gasteiger partial charge >= 0.3 is 0 Å². The van der Waals surface area contributed by atoms with Gasteiger partial charge < -0.3 is 4.74 Å². The maximum Gasteiger partial charge on any atom is 0.285 e. The molecule has 0 unspecified atom stereocenters. The van der Waals surface area contributed by atoms with Crippen LogP contribution in [0.1, 0.15) is 0 Å². The van der Waals surface area contributed by atoms with E-state index in [9.17, 15) is 8.42 Å². The topological polar surface area (TPSA) is 60.7 Å². The van der Waals surface area contributed by atoms with Crippen LogP contribution < -0.4 is 9.54 Å². The van der Waals surface area contributed by atoms with Crippen molar-refractivity contribution in [2.75, 3.05) is 7.11 Å². The van der Waals surface area contributed by atoms with Gasteiger partial charge in [0, 0.05) is 17.3 Å². The molecule has 2 aromatic carbocycles. The normalized spacial score (nSPS) is 12.3. The molecule has 0 saturated heterocycles. The quantitative estimate of drug-likeness (QED) is 0.730. The van der Waals surface area contributed by atoms with Gasteiger partial charge in [0.05, 0.1) is 12.0 Å². The molecule has 0 amide bonds. The van der Waals surface area contributed by atoms with Crippen molar-refractivity contribution >= 4 is 21.4 Å². The van der Waals surface area contributed by atoms with Gasteiger partial charge in [0.2, 0.25) is 4.80 Å². The van der Waals surface area contributed by atoms with E-state index in [1.54, 1.807) is 41.5 Å². The van der Waals surface area contributed by atoms with Crippen LogP contribution in [0.15, 0.2) is 75.5 Å². The van der Waals surface area contributed by atoms with Crippen molar-refractivity contribution in [3.8, 4) is 11.4 Å². The molecule has 0 saturated carbocycles. The average Bonchev–Trinajstić information content (AvgIpc) is 3.03. The number of hydrogen-bond donors (Lipinski definition) is 0. The maximum atomic E-state index is 12.4. The van der Waals surface area contributed by atoms with Crippen LogP contribution in [0.4, 0.5) is 0 Å². The molecule has 0 spiro atoms. The standard InChI is InChI=1S/C16H14N2O3S2/c1-21-14-9-7-13(8-10-14)18-11-12-22-16(18)17-23(19,20)15-5-3-2-4-6-15/h2-12H,1H3/b17-16+. The van der Waals surface area contributed by atoms with E-state index >= 15 is 0 Å². The fourth-order valence-electron chi connectivity index (χ4n) is 2.03. The van der Waals surface area contributed by atoms with E-state index in [4.69, 9.17) is 4.74 Å². The number of methoxy groups -OCH3 is 1. The molecule has 5 nitrogen and oxygen atoms in total. The summed E-state index contributed by atoms with van der Waals surface area (Å²) in [7, 11) is -2.14. The van der Waals surface area contributed by atoms with Gasteiger partial charge in [-0.2, -0.15) is 8.42 Å². The fraction of sp³-hybridized carbons (Fsp3) is 0.0625. The van der Waals surface area contributed by atoms with Crippen LogP contribution in [0, 0.1) is 0 Å². The predicted molar refractivity (Wildman–Crippen MR) is 89.4 cm³/mol. The minimum Gasteiger partial charge on any atom is -0.497 e. The van der Waals surface area contributed by atoms with E-state index < -0.39 is 10.0 Å². The fourth-order valence-corrected chi connectivity index (χ4v) is 3.98. The average molecular weight is 346 g/mol. The second kappa shape index (κ2) is 6.39. The Morgan fingerprint density at radius 3 is 2.39 bits per heavy atom. The summed E-state index contributed by atoms with van der Waals surface area (Å²) in [5.74, 6) is 0.736. The van der Waals surface area contributed by atoms with Crippen LogP contribution in [0.3, 0.4) is 0 Å². The minimum atomic E-state index is -3.74. The number of aromatic nitrogens is 1. The van der Waals surface area contributed by atoms with E-state index in [0.717, 1.165) is 11.4 Å². The molecule has 7 heteroatoms. The Labute approximate surface area is 138 Å². The lowest BCUT2D eigenvalue weighted by atomic mass is 10.3. The third-order valence-corrected chi connectivity index (χ3v) is 5.33. The first-order valence-electron chi connectivity index (χ1n) is 6.77. The van der Waals surface area contributed by atoms with Crippen molar-refractivity contribution in [1.82, 2.24) is 4.57 Å². The highest BCUT2D eigenvalue weighted by atomic mass is 32.2. The Balaban J connectivity index is 2.07. The molecule has 0 N–H and O–H groups in total. The van der Waals surface area contributed by atoms with Crippen LogP contribution in [-0.4, -0.2) is 20.1 Å². The summed E-state index contributed by atoms with van der Waals surface area (Å²) in [5.41, 5.74) is 0.814. The highest BCUT2D eigenvalue weighted by molar-refractivity contribution is 7.90. The summed E-state index contributed by atoms with van der Waals surface area (Å²) in [6, 6.07) is 15.5. The molecule has 23 heavy (non-hydrogen) atoms. The zero-order valence-electron chi connectivity index (χ0n) is 12.3. The Morgan fingerprint density at radius 2 is 1.74 bits per heavy atom. The number of ether oxygens (including phenoxy) is 1. The number of thiazole rings is 1. The highest BCUT2D eigenvalue weighted by Crippen LogP contribution is 2.15. The first-order valence-corrected chi connectivity index (χ1v) is 9.09. The largest absolute Gasteiger partial charge is 0.497 e. The predicted octanol–water partition coefficient (Wildman–Crippen LogP) is 2.84. The van der Waals surface area contributed by atoms with Crippen molar-refractivity contribution in [2.24, 2.45) is 4.40 Å². The molecule has 0 aliphatic carbocycles. The number of rotatable bonds is 4. The lowest BCUT2D eigenvalue weighted by molar-refractivity contribution is 0.414. The van der Waals surface area contributed by atoms with E-state index in [-0.39, 0.29) is 4.90 Å². The lowest BCUT2D eigenvalue weighted by Crippen LogP contribution is -2.14. The number of benzene rings is 2.